The summed E-state index contributed by atoms with van der Waals surface area (Å²) in [5.41, 5.74) is -0.599. The van der Waals surface area contributed by atoms with Gasteiger partial charge < -0.3 is 9.47 Å². The van der Waals surface area contributed by atoms with Crippen LogP contribution in [-0.4, -0.2) is 16.6 Å². The Labute approximate surface area is 109 Å². The van der Waals surface area contributed by atoms with E-state index >= 15 is 0 Å². The lowest BCUT2D eigenvalue weighted by Gasteiger charge is -2.17. The minimum atomic E-state index is -0.663. The van der Waals surface area contributed by atoms with Crippen LogP contribution in [-0.2, 0) is 9.53 Å². The molecule has 98 valence electrons. The van der Waals surface area contributed by atoms with Crippen molar-refractivity contribution in [3.63, 3.8) is 0 Å². The molecule has 0 atom stereocenters. The summed E-state index contributed by atoms with van der Waals surface area (Å²) >= 11 is 5.63. The van der Waals surface area contributed by atoms with E-state index in [1.54, 1.807) is 20.8 Å². The molecule has 18 heavy (non-hydrogen) atoms. The summed E-state index contributed by atoms with van der Waals surface area (Å²) in [5, 5.41) is -0.121. The lowest BCUT2D eigenvalue weighted by molar-refractivity contribution is -0.148. The molecule has 1 rings (SSSR count). The van der Waals surface area contributed by atoms with Crippen LogP contribution in [0.25, 0.3) is 0 Å². The van der Waals surface area contributed by atoms with E-state index in [0.717, 1.165) is 18.4 Å². The number of hydrogen-bond acceptors (Lipinski definition) is 4. The van der Waals surface area contributed by atoms with Crippen molar-refractivity contribution in [2.45, 2.75) is 26.4 Å². The maximum absolute atomic E-state index is 13.2. The molecule has 4 nitrogen and oxygen atoms in total. The van der Waals surface area contributed by atoms with Crippen molar-refractivity contribution >= 4 is 17.6 Å². The van der Waals surface area contributed by atoms with Gasteiger partial charge in [0.2, 0.25) is 0 Å². The van der Waals surface area contributed by atoms with Crippen LogP contribution >= 0.6 is 11.6 Å². The standard InChI is InChI=1S/C12H13ClFNO3/c1-12(2,3)18-9(16)5-7-17-10-8(14)4-6-15-11(10)13/h4-7H,1-3H3/b7-5+. The first-order valence-corrected chi connectivity index (χ1v) is 5.53. The number of carbonyl (C=O) groups is 1. The molecule has 0 saturated heterocycles. The summed E-state index contributed by atoms with van der Waals surface area (Å²) in [4.78, 5) is 14.9. The molecule has 0 aliphatic heterocycles. The Morgan fingerprint density at radius 2 is 2.17 bits per heavy atom. The van der Waals surface area contributed by atoms with Crippen LogP contribution in [0.2, 0.25) is 5.15 Å². The van der Waals surface area contributed by atoms with Crippen LogP contribution in [0.4, 0.5) is 4.39 Å². The van der Waals surface area contributed by atoms with E-state index in [4.69, 9.17) is 21.1 Å². The molecule has 0 amide bonds. The first kappa shape index (κ1) is 14.4. The van der Waals surface area contributed by atoms with Gasteiger partial charge in [0.1, 0.15) is 5.60 Å². The summed E-state index contributed by atoms with van der Waals surface area (Å²) in [7, 11) is 0. The molecule has 1 aromatic heterocycles. The number of esters is 1. The van der Waals surface area contributed by atoms with Crippen LogP contribution < -0.4 is 4.74 Å². The van der Waals surface area contributed by atoms with E-state index in [1.165, 1.54) is 6.20 Å². The predicted molar refractivity (Wildman–Crippen MR) is 64.8 cm³/mol. The van der Waals surface area contributed by atoms with Crippen molar-refractivity contribution in [3.8, 4) is 5.75 Å². The third-order valence-electron chi connectivity index (χ3n) is 1.61. The minimum absolute atomic E-state index is 0.121. The lowest BCUT2D eigenvalue weighted by atomic mass is 10.2. The first-order valence-electron chi connectivity index (χ1n) is 5.16. The SMILES string of the molecule is CC(C)(C)OC(=O)/C=C/Oc1c(F)ccnc1Cl. The van der Waals surface area contributed by atoms with Crippen molar-refractivity contribution in [1.29, 1.82) is 0 Å². The Morgan fingerprint density at radius 1 is 1.50 bits per heavy atom. The third kappa shape index (κ3) is 4.71. The summed E-state index contributed by atoms with van der Waals surface area (Å²) in [6.07, 6.45) is 3.25. The van der Waals surface area contributed by atoms with Gasteiger partial charge in [-0.1, -0.05) is 11.6 Å². The van der Waals surface area contributed by atoms with Crippen molar-refractivity contribution in [3.05, 3.63) is 35.6 Å². The van der Waals surface area contributed by atoms with E-state index in [-0.39, 0.29) is 10.9 Å². The molecule has 0 bridgehead atoms. The van der Waals surface area contributed by atoms with Gasteiger partial charge >= 0.3 is 5.97 Å². The smallest absolute Gasteiger partial charge is 0.334 e. The molecular formula is C12H13ClFNO3. The molecule has 0 aliphatic carbocycles. The second-order valence-electron chi connectivity index (χ2n) is 4.37. The van der Waals surface area contributed by atoms with Crippen LogP contribution in [0.5, 0.6) is 5.75 Å². The van der Waals surface area contributed by atoms with E-state index < -0.39 is 17.4 Å². The number of aromatic nitrogens is 1. The highest BCUT2D eigenvalue weighted by Crippen LogP contribution is 2.24. The number of pyridine rings is 1. The largest absolute Gasteiger partial charge is 0.458 e. The fourth-order valence-electron chi connectivity index (χ4n) is 0.999. The third-order valence-corrected chi connectivity index (χ3v) is 1.88. The maximum Gasteiger partial charge on any atom is 0.334 e. The molecular weight excluding hydrogens is 261 g/mol. The Morgan fingerprint density at radius 3 is 2.72 bits per heavy atom. The zero-order chi connectivity index (χ0) is 13.8. The number of carbonyl (C=O) groups excluding carboxylic acids is 1. The average Bonchev–Trinajstić information content (AvgIpc) is 2.19. The number of halogens is 2. The van der Waals surface area contributed by atoms with Gasteiger partial charge in [0, 0.05) is 6.20 Å². The second kappa shape index (κ2) is 5.82. The van der Waals surface area contributed by atoms with Gasteiger partial charge in [-0.25, -0.2) is 14.2 Å². The van der Waals surface area contributed by atoms with Crippen molar-refractivity contribution in [2.75, 3.05) is 0 Å². The molecule has 6 heteroatoms. The maximum atomic E-state index is 13.2. The van der Waals surface area contributed by atoms with Gasteiger partial charge in [-0.3, -0.25) is 0 Å². The van der Waals surface area contributed by atoms with Gasteiger partial charge in [0.15, 0.2) is 16.7 Å². The van der Waals surface area contributed by atoms with Crippen LogP contribution in [0, 0.1) is 5.82 Å². The van der Waals surface area contributed by atoms with E-state index in [2.05, 4.69) is 4.98 Å². The monoisotopic (exact) mass is 273 g/mol. The molecule has 0 N–H and O–H groups in total. The number of ether oxygens (including phenoxy) is 2. The fourth-order valence-corrected chi connectivity index (χ4v) is 1.19. The lowest BCUT2D eigenvalue weighted by Crippen LogP contribution is -2.22. The van der Waals surface area contributed by atoms with E-state index in [9.17, 15) is 9.18 Å². The van der Waals surface area contributed by atoms with Gasteiger partial charge in [-0.15, -0.1) is 0 Å². The second-order valence-corrected chi connectivity index (χ2v) is 4.72. The van der Waals surface area contributed by atoms with Crippen LogP contribution in [0.1, 0.15) is 20.8 Å². The first-order chi connectivity index (χ1) is 8.29. The molecule has 0 spiro atoms. The van der Waals surface area contributed by atoms with E-state index in [1.807, 2.05) is 0 Å². The number of hydrogen-bond donors (Lipinski definition) is 0. The van der Waals surface area contributed by atoms with Crippen molar-refractivity contribution in [2.24, 2.45) is 0 Å². The minimum Gasteiger partial charge on any atom is -0.458 e. The highest BCUT2D eigenvalue weighted by atomic mass is 35.5. The molecule has 1 aromatic rings. The molecule has 0 fully saturated rings. The Bertz CT molecular complexity index is 449. The highest BCUT2D eigenvalue weighted by Gasteiger charge is 2.14. The Kier molecular flexibility index (Phi) is 4.67. The van der Waals surface area contributed by atoms with Crippen molar-refractivity contribution < 1.29 is 18.7 Å². The van der Waals surface area contributed by atoms with Gasteiger partial charge in [0.05, 0.1) is 12.3 Å². The molecule has 1 heterocycles. The zero-order valence-electron chi connectivity index (χ0n) is 10.2. The fraction of sp³-hybridized carbons (Fsp3) is 0.333. The van der Waals surface area contributed by atoms with Crippen LogP contribution in [0.15, 0.2) is 24.6 Å². The molecule has 0 radical (unpaired) electrons. The van der Waals surface area contributed by atoms with Gasteiger partial charge in [-0.05, 0) is 26.8 Å². The molecule has 0 aromatic carbocycles. The summed E-state index contributed by atoms with van der Waals surface area (Å²) in [5.74, 6) is -1.49. The highest BCUT2D eigenvalue weighted by molar-refractivity contribution is 6.30. The molecule has 0 aliphatic rings. The van der Waals surface area contributed by atoms with Crippen molar-refractivity contribution in [1.82, 2.24) is 4.98 Å². The zero-order valence-corrected chi connectivity index (χ0v) is 11.0. The van der Waals surface area contributed by atoms with Crippen LogP contribution in [0.3, 0.4) is 0 Å². The summed E-state index contributed by atoms with van der Waals surface area (Å²) < 4.78 is 23.1. The Hall–Kier alpha value is -1.62. The molecule has 0 saturated carbocycles. The summed E-state index contributed by atoms with van der Waals surface area (Å²) in [6.45, 7) is 5.20. The normalized spacial score (nSPS) is 11.6. The average molecular weight is 274 g/mol. The van der Waals surface area contributed by atoms with Gasteiger partial charge in [-0.2, -0.15) is 0 Å². The number of nitrogens with zero attached hydrogens (tertiary/aromatic N) is 1. The Balaban J connectivity index is 2.63. The predicted octanol–water partition coefficient (Wildman–Crippen LogP) is 3.11. The van der Waals surface area contributed by atoms with E-state index in [0.29, 0.717) is 0 Å². The number of rotatable bonds is 3. The summed E-state index contributed by atoms with van der Waals surface area (Å²) in [6, 6.07) is 1.10. The topological polar surface area (TPSA) is 48.4 Å². The molecule has 0 unspecified atom stereocenters. The quantitative estimate of drug-likeness (QED) is 0.367. The van der Waals surface area contributed by atoms with Gasteiger partial charge in [0.25, 0.3) is 0 Å².